The van der Waals surface area contributed by atoms with Crippen LogP contribution in [0.1, 0.15) is 0 Å². The van der Waals surface area contributed by atoms with Crippen molar-refractivity contribution in [1.29, 1.82) is 0 Å². The Balaban J connectivity index is 2.30. The fourth-order valence-corrected chi connectivity index (χ4v) is 1.76. The van der Waals surface area contributed by atoms with Crippen molar-refractivity contribution in [3.05, 3.63) is 38.9 Å². The van der Waals surface area contributed by atoms with Crippen molar-refractivity contribution >= 4 is 45.1 Å². The van der Waals surface area contributed by atoms with Crippen molar-refractivity contribution in [3.63, 3.8) is 0 Å². The summed E-state index contributed by atoms with van der Waals surface area (Å²) in [5, 5.41) is 3.73. The molecule has 4 nitrogen and oxygen atoms in total. The van der Waals surface area contributed by atoms with Crippen LogP contribution in [0.4, 0.5) is 5.95 Å². The molecule has 18 heavy (non-hydrogen) atoms. The van der Waals surface area contributed by atoms with Gasteiger partial charge >= 0.3 is 0 Å². The second kappa shape index (κ2) is 5.73. The Hall–Kier alpha value is -1.04. The quantitative estimate of drug-likeness (QED) is 0.894. The molecule has 0 aliphatic rings. The van der Waals surface area contributed by atoms with Gasteiger partial charge < -0.3 is 10.1 Å². The Labute approximate surface area is 122 Å². The number of hydrogen-bond donors (Lipinski definition) is 1. The number of hydrogen-bond acceptors (Lipinski definition) is 4. The van der Waals surface area contributed by atoms with E-state index in [1.807, 2.05) is 0 Å². The van der Waals surface area contributed by atoms with Gasteiger partial charge in [0.15, 0.2) is 0 Å². The largest absolute Gasteiger partial charge is 0.438 e. The lowest BCUT2D eigenvalue weighted by Crippen LogP contribution is -1.98. The van der Waals surface area contributed by atoms with E-state index in [0.717, 1.165) is 0 Å². The second-order valence-corrected chi connectivity index (χ2v) is 4.94. The highest BCUT2D eigenvalue weighted by molar-refractivity contribution is 9.10. The SMILES string of the molecule is CNc1ncc(Br)c(Oc2ccc(Cl)c(Cl)c2)n1. The Morgan fingerprint density at radius 1 is 1.28 bits per heavy atom. The second-order valence-electron chi connectivity index (χ2n) is 3.27. The Bertz CT molecular complexity index is 580. The molecule has 0 amide bonds. The minimum absolute atomic E-state index is 0.396. The maximum atomic E-state index is 5.91. The van der Waals surface area contributed by atoms with Crippen LogP contribution in [-0.4, -0.2) is 17.0 Å². The number of anilines is 1. The predicted octanol–water partition coefficient (Wildman–Crippen LogP) is 4.38. The lowest BCUT2D eigenvalue weighted by atomic mass is 10.3. The number of rotatable bonds is 3. The summed E-state index contributed by atoms with van der Waals surface area (Å²) >= 11 is 15.1. The van der Waals surface area contributed by atoms with Gasteiger partial charge in [-0.25, -0.2) is 4.98 Å². The third kappa shape index (κ3) is 3.04. The molecule has 1 aromatic heterocycles. The van der Waals surface area contributed by atoms with Gasteiger partial charge in [-0.3, -0.25) is 0 Å². The summed E-state index contributed by atoms with van der Waals surface area (Å²) in [5.74, 6) is 1.41. The summed E-state index contributed by atoms with van der Waals surface area (Å²) in [6, 6.07) is 4.99. The summed E-state index contributed by atoms with van der Waals surface area (Å²) in [4.78, 5) is 8.21. The highest BCUT2D eigenvalue weighted by Crippen LogP contribution is 2.31. The molecule has 0 radical (unpaired) electrons. The molecule has 1 heterocycles. The minimum Gasteiger partial charge on any atom is -0.438 e. The number of ether oxygens (including phenoxy) is 1. The zero-order chi connectivity index (χ0) is 13.1. The Kier molecular flexibility index (Phi) is 4.27. The van der Waals surface area contributed by atoms with E-state index in [9.17, 15) is 0 Å². The summed E-state index contributed by atoms with van der Waals surface area (Å²) in [7, 11) is 1.73. The van der Waals surface area contributed by atoms with Crippen LogP contribution in [0.15, 0.2) is 28.9 Å². The topological polar surface area (TPSA) is 47.0 Å². The molecule has 1 aromatic carbocycles. The number of aromatic nitrogens is 2. The van der Waals surface area contributed by atoms with Gasteiger partial charge in [-0.05, 0) is 28.1 Å². The molecule has 0 aliphatic heterocycles. The molecular weight excluding hydrogens is 341 g/mol. The molecule has 0 aliphatic carbocycles. The molecule has 0 fully saturated rings. The molecule has 1 N–H and O–H groups in total. The number of nitrogens with zero attached hydrogens (tertiary/aromatic N) is 2. The zero-order valence-electron chi connectivity index (χ0n) is 9.25. The van der Waals surface area contributed by atoms with Crippen molar-refractivity contribution < 1.29 is 4.74 Å². The highest BCUT2D eigenvalue weighted by atomic mass is 79.9. The molecule has 0 spiro atoms. The monoisotopic (exact) mass is 347 g/mol. The van der Waals surface area contributed by atoms with E-state index < -0.39 is 0 Å². The maximum Gasteiger partial charge on any atom is 0.238 e. The van der Waals surface area contributed by atoms with E-state index in [1.165, 1.54) is 0 Å². The van der Waals surface area contributed by atoms with Crippen LogP contribution in [-0.2, 0) is 0 Å². The fourth-order valence-electron chi connectivity index (χ4n) is 1.20. The molecule has 2 rings (SSSR count). The smallest absolute Gasteiger partial charge is 0.238 e. The normalized spacial score (nSPS) is 10.2. The van der Waals surface area contributed by atoms with Crippen LogP contribution in [0.2, 0.25) is 10.0 Å². The molecular formula is C11H8BrCl2N3O. The Morgan fingerprint density at radius 3 is 2.72 bits per heavy atom. The van der Waals surface area contributed by atoms with E-state index in [4.69, 9.17) is 27.9 Å². The van der Waals surface area contributed by atoms with Gasteiger partial charge in [0.05, 0.1) is 20.7 Å². The van der Waals surface area contributed by atoms with E-state index in [2.05, 4.69) is 31.2 Å². The van der Waals surface area contributed by atoms with Crippen molar-refractivity contribution in [3.8, 4) is 11.6 Å². The molecule has 0 atom stereocenters. The molecule has 0 bridgehead atoms. The highest BCUT2D eigenvalue weighted by Gasteiger charge is 2.08. The molecule has 0 saturated carbocycles. The van der Waals surface area contributed by atoms with E-state index >= 15 is 0 Å². The lowest BCUT2D eigenvalue weighted by Gasteiger charge is -2.08. The van der Waals surface area contributed by atoms with Gasteiger partial charge in [0.1, 0.15) is 5.75 Å². The first-order valence-corrected chi connectivity index (χ1v) is 6.48. The predicted molar refractivity (Wildman–Crippen MR) is 75.8 cm³/mol. The third-order valence-electron chi connectivity index (χ3n) is 2.04. The van der Waals surface area contributed by atoms with Crippen LogP contribution in [0.5, 0.6) is 11.6 Å². The van der Waals surface area contributed by atoms with Crippen molar-refractivity contribution in [1.82, 2.24) is 9.97 Å². The van der Waals surface area contributed by atoms with Crippen LogP contribution in [0, 0.1) is 0 Å². The molecule has 7 heteroatoms. The van der Waals surface area contributed by atoms with Crippen molar-refractivity contribution in [2.75, 3.05) is 12.4 Å². The van der Waals surface area contributed by atoms with Gasteiger partial charge in [0.25, 0.3) is 0 Å². The van der Waals surface area contributed by atoms with Crippen molar-refractivity contribution in [2.45, 2.75) is 0 Å². The van der Waals surface area contributed by atoms with E-state index in [1.54, 1.807) is 31.4 Å². The number of halogens is 3. The van der Waals surface area contributed by atoms with Gasteiger partial charge in [0.2, 0.25) is 11.8 Å². The van der Waals surface area contributed by atoms with Crippen LogP contribution in [0.25, 0.3) is 0 Å². The Morgan fingerprint density at radius 2 is 2.06 bits per heavy atom. The summed E-state index contributed by atoms with van der Waals surface area (Å²) in [6.07, 6.45) is 1.60. The first-order chi connectivity index (χ1) is 8.60. The standard InChI is InChI=1S/C11H8BrCl2N3O/c1-15-11-16-5-7(12)10(17-11)18-6-2-3-8(13)9(14)4-6/h2-5H,1H3,(H,15,16,17). The van der Waals surface area contributed by atoms with Gasteiger partial charge in [-0.2, -0.15) is 4.98 Å². The van der Waals surface area contributed by atoms with Crippen LogP contribution in [0.3, 0.4) is 0 Å². The van der Waals surface area contributed by atoms with E-state index in [0.29, 0.717) is 32.1 Å². The average Bonchev–Trinajstić information content (AvgIpc) is 2.36. The molecule has 0 unspecified atom stereocenters. The first kappa shape index (κ1) is 13.4. The summed E-state index contributed by atoms with van der Waals surface area (Å²) in [6.45, 7) is 0. The summed E-state index contributed by atoms with van der Waals surface area (Å²) < 4.78 is 6.25. The van der Waals surface area contributed by atoms with Gasteiger partial charge in [-0.1, -0.05) is 23.2 Å². The lowest BCUT2D eigenvalue weighted by molar-refractivity contribution is 0.459. The third-order valence-corrected chi connectivity index (χ3v) is 3.32. The van der Waals surface area contributed by atoms with Gasteiger partial charge in [-0.15, -0.1) is 0 Å². The van der Waals surface area contributed by atoms with Crippen LogP contribution >= 0.6 is 39.1 Å². The van der Waals surface area contributed by atoms with Crippen molar-refractivity contribution in [2.24, 2.45) is 0 Å². The maximum absolute atomic E-state index is 5.91. The minimum atomic E-state index is 0.396. The van der Waals surface area contributed by atoms with E-state index in [-0.39, 0.29) is 0 Å². The average molecular weight is 349 g/mol. The van der Waals surface area contributed by atoms with Gasteiger partial charge in [0, 0.05) is 13.1 Å². The fraction of sp³-hybridized carbons (Fsp3) is 0.0909. The zero-order valence-corrected chi connectivity index (χ0v) is 12.3. The molecule has 0 saturated heterocycles. The number of benzene rings is 1. The first-order valence-electron chi connectivity index (χ1n) is 4.93. The number of nitrogens with one attached hydrogen (secondary N) is 1. The molecule has 2 aromatic rings. The van der Waals surface area contributed by atoms with Crippen LogP contribution < -0.4 is 10.1 Å². The summed E-state index contributed by atoms with van der Waals surface area (Å²) in [5.41, 5.74) is 0. The molecule has 94 valence electrons.